The third kappa shape index (κ3) is 3.66. The topological polar surface area (TPSA) is 37.4 Å². The first kappa shape index (κ1) is 12.8. The Balaban J connectivity index is 1.84. The van der Waals surface area contributed by atoms with Gasteiger partial charge in [-0.05, 0) is 34.6 Å². The third-order valence-corrected chi connectivity index (χ3v) is 3.57. The van der Waals surface area contributed by atoms with Gasteiger partial charge in [0.05, 0.1) is 17.2 Å². The van der Waals surface area contributed by atoms with Crippen LogP contribution in [0.25, 0.3) is 0 Å². The van der Waals surface area contributed by atoms with E-state index in [1.54, 1.807) is 6.20 Å². The lowest BCUT2D eigenvalue weighted by Crippen LogP contribution is -2.45. The van der Waals surface area contributed by atoms with Gasteiger partial charge < -0.3 is 10.1 Å². The molecule has 0 aromatic carbocycles. The van der Waals surface area contributed by atoms with Gasteiger partial charge in [-0.3, -0.25) is 4.90 Å². The van der Waals surface area contributed by atoms with E-state index in [1.807, 2.05) is 12.1 Å². The monoisotopic (exact) mass is 299 g/mol. The summed E-state index contributed by atoms with van der Waals surface area (Å²) in [5.74, 6) is 0.879. The zero-order valence-corrected chi connectivity index (χ0v) is 11.6. The predicted octanol–water partition coefficient (Wildman–Crippen LogP) is 1.98. The summed E-state index contributed by atoms with van der Waals surface area (Å²) in [6.45, 7) is 6.93. The van der Waals surface area contributed by atoms with Gasteiger partial charge in [0.1, 0.15) is 5.82 Å². The lowest BCUT2D eigenvalue weighted by atomic mass is 10.2. The molecule has 1 saturated heterocycles. The van der Waals surface area contributed by atoms with Crippen molar-refractivity contribution in [3.05, 3.63) is 22.8 Å². The van der Waals surface area contributed by atoms with Crippen LogP contribution in [-0.4, -0.2) is 48.8 Å². The fraction of sp³-hybridized carbons (Fsp3) is 0.583. The SMILES string of the molecule is CCN1CCOC(CNc2ncccc2Br)C1. The summed E-state index contributed by atoms with van der Waals surface area (Å²) in [6.07, 6.45) is 2.03. The van der Waals surface area contributed by atoms with Crippen molar-refractivity contribution >= 4 is 21.7 Å². The van der Waals surface area contributed by atoms with E-state index in [9.17, 15) is 0 Å². The molecule has 1 atom stereocenters. The molecule has 1 aliphatic rings. The molecule has 0 amide bonds. The number of ether oxygens (including phenoxy) is 1. The maximum absolute atomic E-state index is 5.72. The van der Waals surface area contributed by atoms with Crippen LogP contribution in [0.3, 0.4) is 0 Å². The minimum atomic E-state index is 0.248. The Morgan fingerprint density at radius 1 is 1.65 bits per heavy atom. The lowest BCUT2D eigenvalue weighted by molar-refractivity contribution is -0.0192. The molecular weight excluding hydrogens is 282 g/mol. The quantitative estimate of drug-likeness (QED) is 0.922. The summed E-state index contributed by atoms with van der Waals surface area (Å²) in [6, 6.07) is 3.89. The van der Waals surface area contributed by atoms with Crippen LogP contribution >= 0.6 is 15.9 Å². The maximum Gasteiger partial charge on any atom is 0.140 e. The zero-order chi connectivity index (χ0) is 12.1. The number of hydrogen-bond donors (Lipinski definition) is 1. The molecule has 1 unspecified atom stereocenters. The Bertz CT molecular complexity index is 361. The van der Waals surface area contributed by atoms with Gasteiger partial charge in [-0.15, -0.1) is 0 Å². The molecule has 94 valence electrons. The molecule has 2 heterocycles. The van der Waals surface area contributed by atoms with Crippen LogP contribution in [0.4, 0.5) is 5.82 Å². The Morgan fingerprint density at radius 3 is 3.29 bits per heavy atom. The van der Waals surface area contributed by atoms with Crippen LogP contribution in [-0.2, 0) is 4.74 Å². The zero-order valence-electron chi connectivity index (χ0n) is 10.0. The fourth-order valence-corrected chi connectivity index (χ4v) is 2.31. The molecule has 0 radical (unpaired) electrons. The second-order valence-electron chi connectivity index (χ2n) is 4.10. The van der Waals surface area contributed by atoms with Gasteiger partial charge in [0.2, 0.25) is 0 Å². The second kappa shape index (κ2) is 6.33. The maximum atomic E-state index is 5.72. The number of nitrogens with zero attached hydrogens (tertiary/aromatic N) is 2. The molecule has 0 aliphatic carbocycles. The summed E-state index contributed by atoms with van der Waals surface area (Å²) in [4.78, 5) is 6.68. The van der Waals surface area contributed by atoms with E-state index in [0.717, 1.165) is 43.1 Å². The molecule has 5 heteroatoms. The molecule has 4 nitrogen and oxygen atoms in total. The van der Waals surface area contributed by atoms with Crippen molar-refractivity contribution in [2.75, 3.05) is 38.1 Å². The Labute approximate surface area is 110 Å². The molecule has 2 rings (SSSR count). The molecule has 17 heavy (non-hydrogen) atoms. The first-order chi connectivity index (χ1) is 8.29. The molecule has 0 bridgehead atoms. The van der Waals surface area contributed by atoms with E-state index >= 15 is 0 Å². The summed E-state index contributed by atoms with van der Waals surface area (Å²) < 4.78 is 6.71. The summed E-state index contributed by atoms with van der Waals surface area (Å²) in [5.41, 5.74) is 0. The highest BCUT2D eigenvalue weighted by Gasteiger charge is 2.19. The normalized spacial score (nSPS) is 21.4. The lowest BCUT2D eigenvalue weighted by Gasteiger charge is -2.32. The van der Waals surface area contributed by atoms with Crippen LogP contribution in [0.5, 0.6) is 0 Å². The van der Waals surface area contributed by atoms with Crippen molar-refractivity contribution in [2.24, 2.45) is 0 Å². The van der Waals surface area contributed by atoms with E-state index in [4.69, 9.17) is 4.74 Å². The number of halogens is 1. The van der Waals surface area contributed by atoms with Gasteiger partial charge in [-0.2, -0.15) is 0 Å². The largest absolute Gasteiger partial charge is 0.374 e. The molecule has 1 aromatic heterocycles. The number of pyridine rings is 1. The summed E-state index contributed by atoms with van der Waals surface area (Å²) in [7, 11) is 0. The third-order valence-electron chi connectivity index (χ3n) is 2.93. The van der Waals surface area contributed by atoms with Crippen molar-refractivity contribution in [2.45, 2.75) is 13.0 Å². The van der Waals surface area contributed by atoms with Gasteiger partial charge in [0, 0.05) is 25.8 Å². The average Bonchev–Trinajstić information content (AvgIpc) is 2.38. The first-order valence-corrected chi connectivity index (χ1v) is 6.77. The highest BCUT2D eigenvalue weighted by Crippen LogP contribution is 2.18. The summed E-state index contributed by atoms with van der Waals surface area (Å²) >= 11 is 3.47. The Hall–Kier alpha value is -0.650. The molecule has 0 spiro atoms. The van der Waals surface area contributed by atoms with Gasteiger partial charge in [-0.25, -0.2) is 4.98 Å². The van der Waals surface area contributed by atoms with Crippen LogP contribution in [0.2, 0.25) is 0 Å². The number of aromatic nitrogens is 1. The average molecular weight is 300 g/mol. The van der Waals surface area contributed by atoms with Crippen molar-refractivity contribution in [1.29, 1.82) is 0 Å². The molecular formula is C12H18BrN3O. The van der Waals surface area contributed by atoms with Gasteiger partial charge >= 0.3 is 0 Å². The van der Waals surface area contributed by atoms with Gasteiger partial charge in [-0.1, -0.05) is 6.92 Å². The van der Waals surface area contributed by atoms with Crippen molar-refractivity contribution in [1.82, 2.24) is 9.88 Å². The number of anilines is 1. The van der Waals surface area contributed by atoms with Crippen LogP contribution in [0, 0.1) is 0 Å². The van der Waals surface area contributed by atoms with Crippen LogP contribution in [0.15, 0.2) is 22.8 Å². The number of rotatable bonds is 4. The minimum absolute atomic E-state index is 0.248. The van der Waals surface area contributed by atoms with Gasteiger partial charge in [0.15, 0.2) is 0 Å². The first-order valence-electron chi connectivity index (χ1n) is 5.98. The highest BCUT2D eigenvalue weighted by atomic mass is 79.9. The van der Waals surface area contributed by atoms with E-state index in [1.165, 1.54) is 0 Å². The van der Waals surface area contributed by atoms with E-state index in [0.29, 0.717) is 0 Å². The molecule has 0 saturated carbocycles. The number of hydrogen-bond acceptors (Lipinski definition) is 4. The Kier molecular flexibility index (Phi) is 4.76. The van der Waals surface area contributed by atoms with Crippen LogP contribution < -0.4 is 5.32 Å². The molecule has 1 N–H and O–H groups in total. The van der Waals surface area contributed by atoms with Gasteiger partial charge in [0.25, 0.3) is 0 Å². The second-order valence-corrected chi connectivity index (χ2v) is 4.96. The number of morpholine rings is 1. The molecule has 1 aliphatic heterocycles. The number of likely N-dealkylation sites (N-methyl/N-ethyl adjacent to an activating group) is 1. The van der Waals surface area contributed by atoms with Crippen molar-refractivity contribution in [3.8, 4) is 0 Å². The summed E-state index contributed by atoms with van der Waals surface area (Å²) in [5, 5.41) is 3.32. The van der Waals surface area contributed by atoms with Crippen molar-refractivity contribution < 1.29 is 4.74 Å². The predicted molar refractivity (Wildman–Crippen MR) is 72.3 cm³/mol. The van der Waals surface area contributed by atoms with E-state index in [2.05, 4.69) is 38.1 Å². The minimum Gasteiger partial charge on any atom is -0.374 e. The smallest absolute Gasteiger partial charge is 0.140 e. The number of nitrogens with one attached hydrogen (secondary N) is 1. The molecule has 1 fully saturated rings. The highest BCUT2D eigenvalue weighted by molar-refractivity contribution is 9.10. The molecule has 1 aromatic rings. The van der Waals surface area contributed by atoms with E-state index in [-0.39, 0.29) is 6.10 Å². The fourth-order valence-electron chi connectivity index (χ4n) is 1.92. The van der Waals surface area contributed by atoms with E-state index < -0.39 is 0 Å². The standard InChI is InChI=1S/C12H18BrN3O/c1-2-16-6-7-17-10(9-16)8-15-12-11(13)4-3-5-14-12/h3-5,10H,2,6-9H2,1H3,(H,14,15). The van der Waals surface area contributed by atoms with Crippen molar-refractivity contribution in [3.63, 3.8) is 0 Å². The van der Waals surface area contributed by atoms with Crippen LogP contribution in [0.1, 0.15) is 6.92 Å². The Morgan fingerprint density at radius 2 is 2.53 bits per heavy atom.